The molecule has 6 nitrogen and oxygen atoms in total. The second-order valence-electron chi connectivity index (χ2n) is 6.28. The van der Waals surface area contributed by atoms with Gasteiger partial charge in [-0.05, 0) is 78.6 Å². The van der Waals surface area contributed by atoms with E-state index in [1.54, 1.807) is 75.6 Å². The van der Waals surface area contributed by atoms with Crippen LogP contribution in [0.15, 0.2) is 54.6 Å². The number of carbonyl (C=O) groups is 2. The molecular weight excluding hydrogens is 384 g/mol. The molecule has 158 valence electrons. The summed E-state index contributed by atoms with van der Waals surface area (Å²) < 4.78 is 15.0. The first-order valence-corrected chi connectivity index (χ1v) is 9.63. The Morgan fingerprint density at radius 2 is 1.37 bits per heavy atom. The third kappa shape index (κ3) is 6.90. The first-order chi connectivity index (χ1) is 14.5. The average molecular weight is 410 g/mol. The second kappa shape index (κ2) is 11.6. The van der Waals surface area contributed by atoms with Crippen LogP contribution in [0, 0.1) is 0 Å². The summed E-state index contributed by atoms with van der Waals surface area (Å²) in [5, 5.41) is 10.9. The van der Waals surface area contributed by atoms with E-state index in [0.29, 0.717) is 28.0 Å². The SMILES string of the molecule is CCOC(=O)/C=C/c1cc(/C=C/C(=O)OCC)cc([C@H](O)c2ccc(OC)cc2)c1. The topological polar surface area (TPSA) is 82.1 Å². The van der Waals surface area contributed by atoms with Crippen LogP contribution in [0.4, 0.5) is 0 Å². The van der Waals surface area contributed by atoms with E-state index in [-0.39, 0.29) is 13.2 Å². The molecule has 0 radical (unpaired) electrons. The number of aliphatic hydroxyl groups is 1. The fourth-order valence-corrected chi connectivity index (χ4v) is 2.74. The standard InChI is InChI=1S/C24H26O6/c1-4-29-22(25)12-6-17-14-18(7-13-23(26)30-5-2)16-20(15-17)24(27)19-8-10-21(28-3)11-9-19/h6-16,24,27H,4-5H2,1-3H3/b12-6+,13-7+/t24-/m1/s1. The molecule has 0 aliphatic heterocycles. The van der Waals surface area contributed by atoms with Crippen molar-refractivity contribution in [3.63, 3.8) is 0 Å². The monoisotopic (exact) mass is 410 g/mol. The number of aliphatic hydroxyl groups excluding tert-OH is 1. The molecule has 0 saturated carbocycles. The van der Waals surface area contributed by atoms with E-state index in [1.807, 2.05) is 0 Å². The summed E-state index contributed by atoms with van der Waals surface area (Å²) in [4.78, 5) is 23.3. The van der Waals surface area contributed by atoms with E-state index >= 15 is 0 Å². The van der Waals surface area contributed by atoms with Crippen LogP contribution in [0.3, 0.4) is 0 Å². The lowest BCUT2D eigenvalue weighted by atomic mass is 9.96. The highest BCUT2D eigenvalue weighted by Gasteiger charge is 2.12. The lowest BCUT2D eigenvalue weighted by Gasteiger charge is -2.14. The molecular formula is C24H26O6. The molecule has 1 N–H and O–H groups in total. The first-order valence-electron chi connectivity index (χ1n) is 9.63. The zero-order valence-corrected chi connectivity index (χ0v) is 17.3. The third-order valence-electron chi connectivity index (χ3n) is 4.14. The number of ether oxygens (including phenoxy) is 3. The Labute approximate surface area is 176 Å². The van der Waals surface area contributed by atoms with Crippen molar-refractivity contribution in [2.45, 2.75) is 20.0 Å². The van der Waals surface area contributed by atoms with Gasteiger partial charge in [0.2, 0.25) is 0 Å². The molecule has 2 rings (SSSR count). The van der Waals surface area contributed by atoms with Gasteiger partial charge in [-0.3, -0.25) is 0 Å². The third-order valence-corrected chi connectivity index (χ3v) is 4.14. The number of benzene rings is 2. The molecule has 0 unspecified atom stereocenters. The fraction of sp³-hybridized carbons (Fsp3) is 0.250. The highest BCUT2D eigenvalue weighted by molar-refractivity contribution is 5.88. The molecule has 0 bridgehead atoms. The Morgan fingerprint density at radius 1 is 0.867 bits per heavy atom. The van der Waals surface area contributed by atoms with Crippen molar-refractivity contribution in [3.8, 4) is 5.75 Å². The van der Waals surface area contributed by atoms with Crippen LogP contribution >= 0.6 is 0 Å². The van der Waals surface area contributed by atoms with Gasteiger partial charge in [0.1, 0.15) is 11.9 Å². The molecule has 0 heterocycles. The van der Waals surface area contributed by atoms with Crippen LogP contribution in [0.1, 0.15) is 42.2 Å². The molecule has 0 aromatic heterocycles. The van der Waals surface area contributed by atoms with Crippen LogP contribution in [0.2, 0.25) is 0 Å². The Morgan fingerprint density at radius 3 is 1.80 bits per heavy atom. The van der Waals surface area contributed by atoms with Crippen LogP contribution in [-0.4, -0.2) is 37.4 Å². The smallest absolute Gasteiger partial charge is 0.330 e. The number of methoxy groups -OCH3 is 1. The van der Waals surface area contributed by atoms with E-state index in [9.17, 15) is 14.7 Å². The minimum absolute atomic E-state index is 0.285. The summed E-state index contributed by atoms with van der Waals surface area (Å²) in [6.45, 7) is 4.03. The average Bonchev–Trinajstić information content (AvgIpc) is 2.76. The van der Waals surface area contributed by atoms with Gasteiger partial charge in [-0.25, -0.2) is 9.59 Å². The summed E-state index contributed by atoms with van der Waals surface area (Å²) in [6, 6.07) is 12.4. The van der Waals surface area contributed by atoms with Crippen molar-refractivity contribution in [3.05, 3.63) is 76.9 Å². The number of hydrogen-bond donors (Lipinski definition) is 1. The van der Waals surface area contributed by atoms with Gasteiger partial charge < -0.3 is 19.3 Å². The second-order valence-corrected chi connectivity index (χ2v) is 6.28. The predicted octanol–water partition coefficient (Wildman–Crippen LogP) is 3.93. The van der Waals surface area contributed by atoms with Gasteiger partial charge >= 0.3 is 11.9 Å². The van der Waals surface area contributed by atoms with Crippen molar-refractivity contribution < 1.29 is 28.9 Å². The molecule has 0 spiro atoms. The highest BCUT2D eigenvalue weighted by Crippen LogP contribution is 2.26. The fourth-order valence-electron chi connectivity index (χ4n) is 2.74. The quantitative estimate of drug-likeness (QED) is 0.498. The van der Waals surface area contributed by atoms with E-state index < -0.39 is 18.0 Å². The minimum atomic E-state index is -0.901. The van der Waals surface area contributed by atoms with Crippen molar-refractivity contribution in [1.82, 2.24) is 0 Å². The van der Waals surface area contributed by atoms with Gasteiger partial charge in [0.05, 0.1) is 20.3 Å². The lowest BCUT2D eigenvalue weighted by Crippen LogP contribution is -2.02. The Kier molecular flexibility index (Phi) is 8.84. The molecule has 0 aliphatic carbocycles. The summed E-state index contributed by atoms with van der Waals surface area (Å²) in [7, 11) is 1.58. The Bertz CT molecular complexity index is 866. The normalized spacial score (nSPS) is 12.1. The Hall–Kier alpha value is -3.38. The maximum atomic E-state index is 11.6. The van der Waals surface area contributed by atoms with Gasteiger partial charge in [-0.15, -0.1) is 0 Å². The zero-order valence-electron chi connectivity index (χ0n) is 17.3. The summed E-state index contributed by atoms with van der Waals surface area (Å²) in [5.41, 5.74) is 2.64. The van der Waals surface area contributed by atoms with E-state index in [4.69, 9.17) is 14.2 Å². The van der Waals surface area contributed by atoms with Gasteiger partial charge in [0.15, 0.2) is 0 Å². The largest absolute Gasteiger partial charge is 0.497 e. The summed E-state index contributed by atoms with van der Waals surface area (Å²) in [5.74, 6) is -0.223. The number of carbonyl (C=O) groups excluding carboxylic acids is 2. The van der Waals surface area contributed by atoms with Gasteiger partial charge in [0.25, 0.3) is 0 Å². The molecule has 2 aromatic rings. The van der Waals surface area contributed by atoms with Gasteiger partial charge in [0, 0.05) is 12.2 Å². The molecule has 0 amide bonds. The van der Waals surface area contributed by atoms with Crippen LogP contribution < -0.4 is 4.74 Å². The van der Waals surface area contributed by atoms with Crippen molar-refractivity contribution in [1.29, 1.82) is 0 Å². The van der Waals surface area contributed by atoms with Gasteiger partial charge in [-0.1, -0.05) is 12.1 Å². The van der Waals surface area contributed by atoms with Crippen molar-refractivity contribution in [2.75, 3.05) is 20.3 Å². The number of esters is 2. The number of hydrogen-bond acceptors (Lipinski definition) is 6. The first kappa shape index (κ1) is 22.9. The Balaban J connectivity index is 2.38. The lowest BCUT2D eigenvalue weighted by molar-refractivity contribution is -0.138. The van der Waals surface area contributed by atoms with Crippen LogP contribution in [-0.2, 0) is 19.1 Å². The van der Waals surface area contributed by atoms with Crippen molar-refractivity contribution in [2.24, 2.45) is 0 Å². The molecule has 0 saturated heterocycles. The zero-order chi connectivity index (χ0) is 21.9. The number of rotatable bonds is 9. The molecule has 30 heavy (non-hydrogen) atoms. The summed E-state index contributed by atoms with van der Waals surface area (Å²) >= 11 is 0. The van der Waals surface area contributed by atoms with Gasteiger partial charge in [-0.2, -0.15) is 0 Å². The molecule has 1 atom stereocenters. The minimum Gasteiger partial charge on any atom is -0.497 e. The summed E-state index contributed by atoms with van der Waals surface area (Å²) in [6.07, 6.45) is 4.94. The maximum Gasteiger partial charge on any atom is 0.330 e. The predicted molar refractivity (Wildman–Crippen MR) is 115 cm³/mol. The maximum absolute atomic E-state index is 11.6. The van der Waals surface area contributed by atoms with E-state index in [2.05, 4.69) is 0 Å². The molecule has 2 aromatic carbocycles. The molecule has 0 aliphatic rings. The molecule has 0 fully saturated rings. The van der Waals surface area contributed by atoms with Crippen molar-refractivity contribution >= 4 is 24.1 Å². The van der Waals surface area contributed by atoms with E-state index in [1.165, 1.54) is 12.2 Å². The highest BCUT2D eigenvalue weighted by atomic mass is 16.5. The van der Waals surface area contributed by atoms with E-state index in [0.717, 1.165) is 0 Å². The molecule has 6 heteroatoms. The van der Waals surface area contributed by atoms with Crippen LogP contribution in [0.25, 0.3) is 12.2 Å². The van der Waals surface area contributed by atoms with Crippen LogP contribution in [0.5, 0.6) is 5.75 Å².